The maximum absolute atomic E-state index is 12.3. The Morgan fingerprint density at radius 3 is 1.25 bits per heavy atom. The van der Waals surface area contributed by atoms with E-state index in [0.717, 1.165) is 17.1 Å². The van der Waals surface area contributed by atoms with Gasteiger partial charge in [-0.1, -0.05) is 27.8 Å². The smallest absolute Gasteiger partial charge is 0.317 e. The number of carbonyl (C=O) groups is 4. The van der Waals surface area contributed by atoms with Crippen LogP contribution in [0.15, 0.2) is 79.3 Å². The topological polar surface area (TPSA) is 319 Å². The molecule has 29 heteroatoms. The fraction of sp³-hybridized carbons (Fsp3) is 0.464. The lowest BCUT2D eigenvalue weighted by molar-refractivity contribution is -0.139. The molecule has 446 valence electrons. The molecule has 6 aliphatic heterocycles. The zero-order valence-corrected chi connectivity index (χ0v) is 47.2. The van der Waals surface area contributed by atoms with Gasteiger partial charge in [-0.25, -0.2) is 24.0 Å². The van der Waals surface area contributed by atoms with Gasteiger partial charge < -0.3 is 20.4 Å². The standard InChI is InChI=1S/C56H69N21O8/c78-53(79)36-71-15-7-67-8-16-72(37-54(80)81)20-12-69(11-19-71)31-44-23-40(24-49(62-44)52-28-58-64-76(52)33-43-4-1-3-41(29-67)59-43)50-35-75(66-63-50)47-25-45-32-70-13-21-73(38-55(82)83)17-9-68(10-18-74(22-14-70)39-56(84)85)30-42-5-2-6-48(61-42)51-27-57-65-77(51)34-46(26-47)60-45/h1-6,23-28,35H,7-22,29-34,36-39H2,(H,78,79)(H,80,81)(H,82,83)(H,84,85). The summed E-state index contributed by atoms with van der Waals surface area (Å²) in [7, 11) is 0. The molecule has 0 atom stereocenters. The lowest BCUT2D eigenvalue weighted by Crippen LogP contribution is -2.47. The van der Waals surface area contributed by atoms with E-state index in [1.807, 2.05) is 86.5 Å². The fourth-order valence-corrected chi connectivity index (χ4v) is 11.4. The summed E-state index contributed by atoms with van der Waals surface area (Å²) in [6.07, 6.45) is 5.18. The minimum Gasteiger partial charge on any atom is -0.480 e. The maximum atomic E-state index is 12.3. The van der Waals surface area contributed by atoms with Crippen LogP contribution in [0.2, 0.25) is 0 Å². The van der Waals surface area contributed by atoms with E-state index in [0.29, 0.717) is 188 Å². The van der Waals surface area contributed by atoms with Crippen LogP contribution in [-0.2, 0) is 58.4 Å². The van der Waals surface area contributed by atoms with E-state index in [2.05, 4.69) is 40.2 Å². The van der Waals surface area contributed by atoms with Crippen LogP contribution in [0, 0.1) is 0 Å². The molecular formula is C56H69N21O8. The van der Waals surface area contributed by atoms with Crippen molar-refractivity contribution in [3.8, 4) is 39.7 Å². The highest BCUT2D eigenvalue weighted by molar-refractivity contribution is 5.70. The Bertz CT molecular complexity index is 3420. The largest absolute Gasteiger partial charge is 0.480 e. The molecule has 12 bridgehead atoms. The van der Waals surface area contributed by atoms with Crippen molar-refractivity contribution in [2.24, 2.45) is 0 Å². The third-order valence-electron chi connectivity index (χ3n) is 15.7. The second-order valence-corrected chi connectivity index (χ2v) is 22.1. The SMILES string of the molecule is O=C(O)CN1CCN2CCN(CC(=O)O)CCN(CC1)Cc1cccc(n1)-c1cnnn1Cc1cc(-n3cc(-c4cc5nc(c4)-c4cnnn4Cc4cccc(n4)CN4CCN(CC(=O)O)CCN(CCN(CC(=O)O)CC4)C5)nn3)cc(n1)C2. The number of carboxylic acids is 4. The Kier molecular flexibility index (Phi) is 18.6. The van der Waals surface area contributed by atoms with Gasteiger partial charge in [0.2, 0.25) is 0 Å². The van der Waals surface area contributed by atoms with Crippen LogP contribution >= 0.6 is 0 Å². The first-order chi connectivity index (χ1) is 41.2. The van der Waals surface area contributed by atoms with Gasteiger partial charge in [0.25, 0.3) is 0 Å². The first-order valence-electron chi connectivity index (χ1n) is 28.5. The van der Waals surface area contributed by atoms with Crippen molar-refractivity contribution in [3.05, 3.63) is 113 Å². The molecule has 29 nitrogen and oxygen atoms in total. The highest BCUT2D eigenvalue weighted by Crippen LogP contribution is 2.28. The monoisotopic (exact) mass is 1160 g/mol. The van der Waals surface area contributed by atoms with Crippen molar-refractivity contribution >= 4 is 23.9 Å². The van der Waals surface area contributed by atoms with Crippen LogP contribution in [0.5, 0.6) is 0 Å². The zero-order chi connectivity index (χ0) is 58.8. The van der Waals surface area contributed by atoms with Crippen molar-refractivity contribution in [2.75, 3.05) is 131 Å². The average Bonchev–Trinajstić information content (AvgIpc) is 4.39. The van der Waals surface area contributed by atoms with Gasteiger partial charge in [0.15, 0.2) is 0 Å². The molecule has 4 N–H and O–H groups in total. The zero-order valence-electron chi connectivity index (χ0n) is 47.2. The van der Waals surface area contributed by atoms with Crippen LogP contribution in [0.25, 0.3) is 39.7 Å². The summed E-state index contributed by atoms with van der Waals surface area (Å²) in [5.41, 5.74) is 8.66. The Labute approximate surface area is 489 Å². The molecule has 0 radical (unpaired) electrons. The lowest BCUT2D eigenvalue weighted by atomic mass is 10.1. The predicted molar refractivity (Wildman–Crippen MR) is 305 cm³/mol. The van der Waals surface area contributed by atoms with Gasteiger partial charge in [0.05, 0.1) is 109 Å². The van der Waals surface area contributed by atoms with Crippen LogP contribution in [0.1, 0.15) is 34.2 Å². The third kappa shape index (κ3) is 15.9. The Hall–Kier alpha value is -8.42. The summed E-state index contributed by atoms with van der Waals surface area (Å²) >= 11 is 0. The second-order valence-electron chi connectivity index (χ2n) is 22.1. The number of fused-ring (bicyclic) bond motifs is 16. The Morgan fingerprint density at radius 2 is 0.765 bits per heavy atom. The fourth-order valence-electron chi connectivity index (χ4n) is 11.4. The van der Waals surface area contributed by atoms with Crippen molar-refractivity contribution in [1.29, 1.82) is 0 Å². The van der Waals surface area contributed by atoms with E-state index in [4.69, 9.17) is 30.2 Å². The van der Waals surface area contributed by atoms with Gasteiger partial charge in [-0.05, 0) is 48.5 Å². The highest BCUT2D eigenvalue weighted by Gasteiger charge is 2.26. The van der Waals surface area contributed by atoms with E-state index in [9.17, 15) is 39.6 Å². The van der Waals surface area contributed by atoms with Crippen LogP contribution in [0.3, 0.4) is 0 Å². The van der Waals surface area contributed by atoms with Crippen molar-refractivity contribution in [1.82, 2.24) is 104 Å². The van der Waals surface area contributed by atoms with Gasteiger partial charge in [0.1, 0.15) is 17.1 Å². The van der Waals surface area contributed by atoms with Crippen molar-refractivity contribution in [2.45, 2.75) is 39.3 Å². The molecule has 13 rings (SSSR count). The van der Waals surface area contributed by atoms with E-state index in [1.54, 1.807) is 26.4 Å². The number of hydrogen-bond acceptors (Lipinski definition) is 22. The molecule has 0 aromatic carbocycles. The van der Waals surface area contributed by atoms with Gasteiger partial charge in [0, 0.05) is 136 Å². The average molecular weight is 1160 g/mol. The maximum Gasteiger partial charge on any atom is 0.317 e. The van der Waals surface area contributed by atoms with Gasteiger partial charge in [-0.3, -0.25) is 68.3 Å². The number of pyridine rings is 4. The summed E-state index contributed by atoms with van der Waals surface area (Å²) in [6, 6.07) is 19.4. The van der Waals surface area contributed by atoms with Gasteiger partial charge in [-0.2, -0.15) is 0 Å². The molecule has 7 aromatic heterocycles. The Balaban J connectivity index is 0.986. The number of hydrogen-bond donors (Lipinski definition) is 4. The predicted octanol–water partition coefficient (Wildman–Crippen LogP) is -0.0633. The molecule has 2 fully saturated rings. The molecule has 0 unspecified atom stereocenters. The van der Waals surface area contributed by atoms with Crippen molar-refractivity contribution < 1.29 is 39.6 Å². The molecule has 0 amide bonds. The minimum atomic E-state index is -0.925. The Morgan fingerprint density at radius 1 is 0.388 bits per heavy atom. The summed E-state index contributed by atoms with van der Waals surface area (Å²) in [6.45, 7) is 9.17. The summed E-state index contributed by atoms with van der Waals surface area (Å²) in [5.74, 6) is -3.70. The number of aliphatic carboxylic acids is 4. The quantitative estimate of drug-likeness (QED) is 0.139. The highest BCUT2D eigenvalue weighted by atomic mass is 16.4. The number of aromatic nitrogens is 13. The second kappa shape index (κ2) is 27.1. The van der Waals surface area contributed by atoms with E-state index in [-0.39, 0.29) is 39.3 Å². The lowest BCUT2D eigenvalue weighted by Gasteiger charge is -2.33. The van der Waals surface area contributed by atoms with Crippen LogP contribution < -0.4 is 0 Å². The molecule has 0 aliphatic carbocycles. The molecule has 0 saturated carbocycles. The van der Waals surface area contributed by atoms with Gasteiger partial charge in [-0.15, -0.1) is 15.3 Å². The molecular weight excluding hydrogens is 1090 g/mol. The molecule has 13 heterocycles. The molecule has 85 heavy (non-hydrogen) atoms. The van der Waals surface area contributed by atoms with E-state index < -0.39 is 23.9 Å². The number of rotatable bonds is 10. The number of nitrogens with zero attached hydrogens (tertiary/aromatic N) is 21. The normalized spacial score (nSPS) is 21.0. The molecule has 0 spiro atoms. The minimum absolute atomic E-state index is 0.142. The van der Waals surface area contributed by atoms with Crippen LogP contribution in [-0.4, -0.2) is 279 Å². The first kappa shape index (κ1) is 58.4. The van der Waals surface area contributed by atoms with E-state index in [1.165, 1.54) is 0 Å². The summed E-state index contributed by atoms with van der Waals surface area (Å²) in [4.78, 5) is 86.1. The first-order valence-corrected chi connectivity index (χ1v) is 28.5. The number of carboxylic acid groups (broad SMARTS) is 4. The third-order valence-corrected chi connectivity index (χ3v) is 15.7. The molecule has 6 aliphatic rings. The van der Waals surface area contributed by atoms with Crippen LogP contribution in [0.4, 0.5) is 0 Å². The van der Waals surface area contributed by atoms with Crippen molar-refractivity contribution in [3.63, 3.8) is 0 Å². The van der Waals surface area contributed by atoms with E-state index >= 15 is 0 Å². The van der Waals surface area contributed by atoms with Gasteiger partial charge >= 0.3 is 23.9 Å². The summed E-state index contributed by atoms with van der Waals surface area (Å²) in [5, 5.41) is 67.3. The molecule has 2 saturated heterocycles. The summed E-state index contributed by atoms with van der Waals surface area (Å²) < 4.78 is 5.23. The molecule has 7 aromatic rings.